The third-order valence-corrected chi connectivity index (χ3v) is 5.83. The van der Waals surface area contributed by atoms with Crippen LogP contribution in [0.3, 0.4) is 0 Å². The average molecular weight is 444 g/mol. The molecule has 0 spiro atoms. The van der Waals surface area contributed by atoms with Crippen LogP contribution in [0.2, 0.25) is 0 Å². The van der Waals surface area contributed by atoms with Crippen molar-refractivity contribution in [3.63, 3.8) is 0 Å². The SMILES string of the molecule is COC(=O)Cc1cccc(Cn2c(Br)nc3c(N)nc(C4CCCC4)nc32)c1. The number of hydrogen-bond acceptors (Lipinski definition) is 6. The van der Waals surface area contributed by atoms with Crippen LogP contribution in [0.15, 0.2) is 29.0 Å². The molecule has 0 atom stereocenters. The molecule has 28 heavy (non-hydrogen) atoms. The first kappa shape index (κ1) is 18.9. The number of benzene rings is 1. The molecule has 2 aromatic heterocycles. The van der Waals surface area contributed by atoms with Gasteiger partial charge >= 0.3 is 5.97 Å². The summed E-state index contributed by atoms with van der Waals surface area (Å²) >= 11 is 3.53. The first-order chi connectivity index (χ1) is 13.5. The summed E-state index contributed by atoms with van der Waals surface area (Å²) in [4.78, 5) is 25.4. The number of nitrogen functional groups attached to an aromatic ring is 1. The summed E-state index contributed by atoms with van der Waals surface area (Å²) in [6.07, 6.45) is 4.88. The molecule has 2 heterocycles. The summed E-state index contributed by atoms with van der Waals surface area (Å²) in [5, 5.41) is 0. The quantitative estimate of drug-likeness (QED) is 0.477. The lowest BCUT2D eigenvalue weighted by Crippen LogP contribution is -2.08. The Morgan fingerprint density at radius 3 is 2.75 bits per heavy atom. The van der Waals surface area contributed by atoms with E-state index in [2.05, 4.69) is 25.9 Å². The van der Waals surface area contributed by atoms with Crippen LogP contribution in [0, 0.1) is 0 Å². The Morgan fingerprint density at radius 2 is 2.00 bits per heavy atom. The maximum Gasteiger partial charge on any atom is 0.309 e. The minimum absolute atomic E-state index is 0.247. The predicted octanol–water partition coefficient (Wildman–Crippen LogP) is 3.59. The number of methoxy groups -OCH3 is 1. The van der Waals surface area contributed by atoms with Gasteiger partial charge in [-0.3, -0.25) is 9.36 Å². The Bertz CT molecular complexity index is 1030. The van der Waals surface area contributed by atoms with Crippen LogP contribution >= 0.6 is 15.9 Å². The summed E-state index contributed by atoms with van der Waals surface area (Å²) in [5.41, 5.74) is 9.49. The van der Waals surface area contributed by atoms with Gasteiger partial charge in [0.25, 0.3) is 0 Å². The van der Waals surface area contributed by atoms with Crippen molar-refractivity contribution in [3.8, 4) is 0 Å². The van der Waals surface area contributed by atoms with E-state index in [-0.39, 0.29) is 12.4 Å². The van der Waals surface area contributed by atoms with Crippen molar-refractivity contribution in [3.05, 3.63) is 46.0 Å². The van der Waals surface area contributed by atoms with Crippen LogP contribution in [-0.4, -0.2) is 32.6 Å². The number of imidazole rings is 1. The summed E-state index contributed by atoms with van der Waals surface area (Å²) in [6, 6.07) is 7.87. The van der Waals surface area contributed by atoms with Gasteiger partial charge in [0, 0.05) is 5.92 Å². The molecule has 7 nitrogen and oxygen atoms in total. The second-order valence-corrected chi connectivity index (χ2v) is 7.87. The molecule has 4 rings (SSSR count). The highest BCUT2D eigenvalue weighted by atomic mass is 79.9. The zero-order valence-electron chi connectivity index (χ0n) is 15.7. The van der Waals surface area contributed by atoms with E-state index in [0.29, 0.717) is 28.5 Å². The number of fused-ring (bicyclic) bond motifs is 1. The number of nitrogens with zero attached hydrogens (tertiary/aromatic N) is 4. The molecule has 1 fully saturated rings. The largest absolute Gasteiger partial charge is 0.469 e. The predicted molar refractivity (Wildman–Crippen MR) is 110 cm³/mol. The Hall–Kier alpha value is -2.48. The third-order valence-electron chi connectivity index (χ3n) is 5.22. The van der Waals surface area contributed by atoms with Gasteiger partial charge in [0.15, 0.2) is 21.7 Å². The minimum Gasteiger partial charge on any atom is -0.469 e. The number of hydrogen-bond donors (Lipinski definition) is 1. The summed E-state index contributed by atoms with van der Waals surface area (Å²) in [5.74, 6) is 1.35. The lowest BCUT2D eigenvalue weighted by atomic mass is 10.1. The highest BCUT2D eigenvalue weighted by Gasteiger charge is 2.23. The molecule has 0 radical (unpaired) electrons. The number of nitrogens with two attached hydrogens (primary N) is 1. The number of halogens is 1. The molecule has 1 aliphatic rings. The van der Waals surface area contributed by atoms with E-state index in [1.807, 2.05) is 28.8 Å². The Labute approximate surface area is 171 Å². The fourth-order valence-electron chi connectivity index (χ4n) is 3.78. The standard InChI is InChI=1S/C20H22BrN5O2/c1-28-15(27)10-12-5-4-6-13(9-12)11-26-19-16(23-20(26)21)17(22)24-18(25-19)14-7-2-3-8-14/h4-6,9,14H,2-3,7-8,10-11H2,1H3,(H2,22,24,25). The van der Waals surface area contributed by atoms with Crippen molar-refractivity contribution in [2.45, 2.75) is 44.6 Å². The Kier molecular flexibility index (Phi) is 5.30. The van der Waals surface area contributed by atoms with Gasteiger partial charge in [0.05, 0.1) is 20.1 Å². The van der Waals surface area contributed by atoms with Crippen molar-refractivity contribution in [1.29, 1.82) is 0 Å². The Balaban J connectivity index is 1.69. The van der Waals surface area contributed by atoms with Gasteiger partial charge in [0.2, 0.25) is 0 Å². The van der Waals surface area contributed by atoms with Gasteiger partial charge in [-0.25, -0.2) is 15.0 Å². The van der Waals surface area contributed by atoms with E-state index < -0.39 is 0 Å². The van der Waals surface area contributed by atoms with Gasteiger partial charge < -0.3 is 10.5 Å². The molecule has 0 aliphatic heterocycles. The number of aromatic nitrogens is 4. The second-order valence-electron chi connectivity index (χ2n) is 7.16. The maximum atomic E-state index is 11.6. The maximum absolute atomic E-state index is 11.6. The van der Waals surface area contributed by atoms with E-state index in [1.54, 1.807) is 0 Å². The van der Waals surface area contributed by atoms with Crippen molar-refractivity contribution >= 4 is 38.9 Å². The first-order valence-electron chi connectivity index (χ1n) is 9.39. The number of rotatable bonds is 5. The summed E-state index contributed by atoms with van der Waals surface area (Å²) < 4.78 is 7.41. The van der Waals surface area contributed by atoms with Crippen molar-refractivity contribution in [2.24, 2.45) is 0 Å². The highest BCUT2D eigenvalue weighted by Crippen LogP contribution is 2.34. The van der Waals surface area contributed by atoms with Gasteiger partial charge in [-0.05, 0) is 39.9 Å². The lowest BCUT2D eigenvalue weighted by molar-refractivity contribution is -0.139. The number of anilines is 1. The van der Waals surface area contributed by atoms with Crippen LogP contribution in [-0.2, 0) is 22.5 Å². The van der Waals surface area contributed by atoms with Gasteiger partial charge in [-0.2, -0.15) is 0 Å². The minimum atomic E-state index is -0.256. The second kappa shape index (κ2) is 7.87. The van der Waals surface area contributed by atoms with E-state index >= 15 is 0 Å². The van der Waals surface area contributed by atoms with Crippen molar-refractivity contribution < 1.29 is 9.53 Å². The molecule has 1 saturated carbocycles. The Morgan fingerprint density at radius 1 is 1.25 bits per heavy atom. The third kappa shape index (κ3) is 3.73. The molecule has 0 bridgehead atoms. The van der Waals surface area contributed by atoms with E-state index in [0.717, 1.165) is 35.4 Å². The van der Waals surface area contributed by atoms with Gasteiger partial charge in [-0.1, -0.05) is 37.1 Å². The lowest BCUT2D eigenvalue weighted by Gasteiger charge is -2.11. The van der Waals surface area contributed by atoms with Crippen LogP contribution in [0.1, 0.15) is 48.6 Å². The molecule has 0 saturated heterocycles. The van der Waals surface area contributed by atoms with Gasteiger partial charge in [-0.15, -0.1) is 0 Å². The van der Waals surface area contributed by atoms with E-state index in [4.69, 9.17) is 15.5 Å². The molecular formula is C20H22BrN5O2. The molecule has 3 aromatic rings. The fraction of sp³-hybridized carbons (Fsp3) is 0.400. The van der Waals surface area contributed by atoms with E-state index in [1.165, 1.54) is 20.0 Å². The fourth-order valence-corrected chi connectivity index (χ4v) is 4.25. The normalized spacial score (nSPS) is 14.6. The van der Waals surface area contributed by atoms with Crippen LogP contribution in [0.25, 0.3) is 11.2 Å². The topological polar surface area (TPSA) is 95.9 Å². The molecule has 0 amide bonds. The molecule has 0 unspecified atom stereocenters. The smallest absolute Gasteiger partial charge is 0.309 e. The molecular weight excluding hydrogens is 422 g/mol. The van der Waals surface area contributed by atoms with Crippen LogP contribution < -0.4 is 5.73 Å². The molecule has 2 N–H and O–H groups in total. The van der Waals surface area contributed by atoms with Crippen molar-refractivity contribution in [1.82, 2.24) is 19.5 Å². The van der Waals surface area contributed by atoms with Crippen LogP contribution in [0.5, 0.6) is 0 Å². The highest BCUT2D eigenvalue weighted by molar-refractivity contribution is 9.10. The molecule has 1 aliphatic carbocycles. The molecule has 8 heteroatoms. The zero-order valence-corrected chi connectivity index (χ0v) is 17.3. The first-order valence-corrected chi connectivity index (χ1v) is 10.2. The van der Waals surface area contributed by atoms with Gasteiger partial charge in [0.1, 0.15) is 5.82 Å². The average Bonchev–Trinajstić information content (AvgIpc) is 3.32. The zero-order chi connectivity index (χ0) is 19.7. The molecule has 1 aromatic carbocycles. The van der Waals surface area contributed by atoms with Crippen LogP contribution in [0.4, 0.5) is 5.82 Å². The molecule has 146 valence electrons. The monoisotopic (exact) mass is 443 g/mol. The number of esters is 1. The number of carbonyl (C=O) groups excluding carboxylic acids is 1. The summed E-state index contributed by atoms with van der Waals surface area (Å²) in [7, 11) is 1.40. The number of carbonyl (C=O) groups is 1. The van der Waals surface area contributed by atoms with Crippen molar-refractivity contribution in [2.75, 3.05) is 12.8 Å². The number of ether oxygens (including phenoxy) is 1. The summed E-state index contributed by atoms with van der Waals surface area (Å²) in [6.45, 7) is 0.562. The van der Waals surface area contributed by atoms with E-state index in [9.17, 15) is 4.79 Å².